The van der Waals surface area contributed by atoms with Crippen LogP contribution in [0.2, 0.25) is 0 Å². The zero-order chi connectivity index (χ0) is 14.5. The van der Waals surface area contributed by atoms with Crippen LogP contribution in [0.3, 0.4) is 0 Å². The average Bonchev–Trinajstić information content (AvgIpc) is 2.27. The highest BCUT2D eigenvalue weighted by molar-refractivity contribution is 7.80. The molecule has 1 aromatic carbocycles. The second-order valence-electron chi connectivity index (χ2n) is 4.70. The van der Waals surface area contributed by atoms with Crippen molar-refractivity contribution in [1.29, 1.82) is 0 Å². The Labute approximate surface area is 120 Å². The van der Waals surface area contributed by atoms with Crippen LogP contribution in [-0.2, 0) is 9.05 Å². The predicted octanol–water partition coefficient (Wildman–Crippen LogP) is 4.40. The summed E-state index contributed by atoms with van der Waals surface area (Å²) in [5.74, 6) is 0. The van der Waals surface area contributed by atoms with E-state index in [1.54, 1.807) is 0 Å². The maximum Gasteiger partial charge on any atom is 0.354 e. The first-order chi connectivity index (χ1) is 8.82. The van der Waals surface area contributed by atoms with Gasteiger partial charge in [0, 0.05) is 0 Å². The average molecular weight is 303 g/mol. The molecule has 0 aliphatic rings. The van der Waals surface area contributed by atoms with E-state index in [0.717, 1.165) is 5.56 Å². The third-order valence-corrected chi connectivity index (χ3v) is 4.56. The van der Waals surface area contributed by atoms with Gasteiger partial charge in [0.2, 0.25) is 0 Å². The van der Waals surface area contributed by atoms with Gasteiger partial charge in [-0.1, -0.05) is 30.3 Å². The molecule has 0 amide bonds. The van der Waals surface area contributed by atoms with Gasteiger partial charge < -0.3 is 13.9 Å². The van der Waals surface area contributed by atoms with Crippen LogP contribution in [0.15, 0.2) is 35.1 Å². The Balaban J connectivity index is 2.99. The van der Waals surface area contributed by atoms with Crippen molar-refractivity contribution in [2.45, 2.75) is 45.3 Å². The Kier molecular flexibility index (Phi) is 6.57. The van der Waals surface area contributed by atoms with Gasteiger partial charge in [0.15, 0.2) is 0 Å². The smallest absolute Gasteiger partial charge is 0.318 e. The number of thiol groups is 1. The summed E-state index contributed by atoms with van der Waals surface area (Å²) in [6.45, 7) is 7.33. The molecule has 4 nitrogen and oxygen atoms in total. The predicted molar refractivity (Wildman–Crippen MR) is 82.2 cm³/mol. The number of rotatable bonds is 6. The highest BCUT2D eigenvalue weighted by Crippen LogP contribution is 2.52. The third-order valence-electron chi connectivity index (χ3n) is 2.05. The molecular weight excluding hydrogens is 281 g/mol. The van der Waals surface area contributed by atoms with Gasteiger partial charge in [-0.05, 0) is 33.3 Å². The molecule has 0 aromatic heterocycles. The van der Waals surface area contributed by atoms with Crippen molar-refractivity contribution < 1.29 is 13.9 Å². The van der Waals surface area contributed by atoms with Crippen LogP contribution in [0.4, 0.5) is 0 Å². The van der Waals surface area contributed by atoms with E-state index in [-0.39, 0.29) is 12.2 Å². The summed E-state index contributed by atoms with van der Waals surface area (Å²) in [6, 6.07) is 9.52. The van der Waals surface area contributed by atoms with E-state index in [1.807, 2.05) is 58.0 Å². The Bertz CT molecular complexity index is 423. The van der Waals surface area contributed by atoms with Crippen LogP contribution in [0, 0.1) is 0 Å². The molecule has 1 aromatic rings. The van der Waals surface area contributed by atoms with E-state index < -0.39 is 13.1 Å². The maximum absolute atomic E-state index is 10.4. The van der Waals surface area contributed by atoms with E-state index in [9.17, 15) is 4.89 Å². The van der Waals surface area contributed by atoms with Crippen molar-refractivity contribution >= 4 is 20.4 Å². The molecule has 108 valence electrons. The fraction of sp³-hybridized carbons (Fsp3) is 0.538. The Morgan fingerprint density at radius 3 is 1.95 bits per heavy atom. The van der Waals surface area contributed by atoms with Crippen molar-refractivity contribution in [1.82, 2.24) is 0 Å². The van der Waals surface area contributed by atoms with E-state index in [4.69, 9.17) is 9.05 Å². The van der Waals surface area contributed by atoms with Crippen LogP contribution < -0.4 is 0 Å². The summed E-state index contributed by atoms with van der Waals surface area (Å²) in [7, 11) is -3.25. The van der Waals surface area contributed by atoms with E-state index in [1.165, 1.54) is 0 Å². The normalized spacial score (nSPS) is 13.9. The van der Waals surface area contributed by atoms with Crippen LogP contribution in [-0.4, -0.2) is 17.1 Å². The van der Waals surface area contributed by atoms with E-state index in [2.05, 4.69) is 17.4 Å². The van der Waals surface area contributed by atoms with Gasteiger partial charge in [0.05, 0.1) is 12.2 Å². The number of hydrogen-bond acceptors (Lipinski definition) is 4. The lowest BCUT2D eigenvalue weighted by Gasteiger charge is -2.23. The van der Waals surface area contributed by atoms with Crippen molar-refractivity contribution in [2.24, 2.45) is 4.74 Å². The van der Waals surface area contributed by atoms with E-state index in [0.29, 0.717) is 0 Å². The molecule has 1 atom stereocenters. The molecule has 0 radical (unpaired) electrons. The minimum absolute atomic E-state index is 0.169. The quantitative estimate of drug-likeness (QED) is 0.605. The molecule has 0 saturated carbocycles. The minimum atomic E-state index is -3.25. The molecule has 1 N–H and O–H groups in total. The van der Waals surface area contributed by atoms with Crippen molar-refractivity contribution in [3.05, 3.63) is 35.9 Å². The Hall–Kier alpha value is -0.320. The second-order valence-corrected chi connectivity index (χ2v) is 6.82. The Morgan fingerprint density at radius 1 is 1.05 bits per heavy atom. The molecule has 0 fully saturated rings. The largest absolute Gasteiger partial charge is 0.354 e. The summed E-state index contributed by atoms with van der Waals surface area (Å²) < 4.78 is 15.2. The monoisotopic (exact) mass is 303 g/mol. The van der Waals surface area contributed by atoms with Crippen LogP contribution in [0.1, 0.15) is 38.6 Å². The van der Waals surface area contributed by atoms with Crippen LogP contribution in [0.5, 0.6) is 0 Å². The van der Waals surface area contributed by atoms with Crippen molar-refractivity contribution in [3.8, 4) is 0 Å². The standard InChI is InChI=1S/C13H22NO3PS/c1-10(2)16-18(15,17-11(3)4)14-13(19)12-8-6-5-7-9-12/h5-11,13,15,19H,1-4H3. The lowest BCUT2D eigenvalue weighted by molar-refractivity contribution is 0.127. The highest BCUT2D eigenvalue weighted by atomic mass is 32.1. The molecule has 6 heteroatoms. The first kappa shape index (κ1) is 16.7. The summed E-state index contributed by atoms with van der Waals surface area (Å²) in [4.78, 5) is 10.4. The molecule has 0 aliphatic heterocycles. The van der Waals surface area contributed by atoms with Crippen LogP contribution in [0.25, 0.3) is 0 Å². The van der Waals surface area contributed by atoms with Gasteiger partial charge >= 0.3 is 7.74 Å². The van der Waals surface area contributed by atoms with Gasteiger partial charge in [0.1, 0.15) is 5.37 Å². The molecule has 0 aliphatic carbocycles. The first-order valence-electron chi connectivity index (χ1n) is 6.26. The molecule has 19 heavy (non-hydrogen) atoms. The molecule has 1 unspecified atom stereocenters. The van der Waals surface area contributed by atoms with Gasteiger partial charge in [-0.25, -0.2) is 4.74 Å². The van der Waals surface area contributed by atoms with Crippen LogP contribution >= 0.6 is 20.4 Å². The molecule has 0 heterocycles. The summed E-state index contributed by atoms with van der Waals surface area (Å²) in [6.07, 6.45) is -0.339. The van der Waals surface area contributed by atoms with E-state index >= 15 is 0 Å². The zero-order valence-electron chi connectivity index (χ0n) is 11.7. The molecule has 1 rings (SSSR count). The second kappa shape index (κ2) is 7.46. The Morgan fingerprint density at radius 2 is 1.53 bits per heavy atom. The molecule has 0 bridgehead atoms. The lowest BCUT2D eigenvalue weighted by Crippen LogP contribution is -2.08. The third kappa shape index (κ3) is 6.11. The van der Waals surface area contributed by atoms with Gasteiger partial charge in [0.25, 0.3) is 0 Å². The molecular formula is C13H22NO3PS. The summed E-state index contributed by atoms with van der Waals surface area (Å²) in [5.41, 5.74) is 0.893. The highest BCUT2D eigenvalue weighted by Gasteiger charge is 2.24. The van der Waals surface area contributed by atoms with Crippen molar-refractivity contribution in [3.63, 3.8) is 0 Å². The summed E-state index contributed by atoms with van der Waals surface area (Å²) in [5, 5.41) is -0.475. The minimum Gasteiger partial charge on any atom is -0.318 e. The topological polar surface area (TPSA) is 51.0 Å². The zero-order valence-corrected chi connectivity index (χ0v) is 13.5. The fourth-order valence-corrected chi connectivity index (χ4v) is 3.69. The number of benzene rings is 1. The SMILES string of the molecule is CC(C)OP(O)(=NC(S)c1ccccc1)OC(C)C. The first-order valence-corrected chi connectivity index (χ1v) is 8.31. The van der Waals surface area contributed by atoms with Crippen molar-refractivity contribution in [2.75, 3.05) is 0 Å². The fourth-order valence-electron chi connectivity index (χ4n) is 1.46. The van der Waals surface area contributed by atoms with Gasteiger partial charge in [-0.2, -0.15) is 0 Å². The maximum atomic E-state index is 10.4. The van der Waals surface area contributed by atoms with Gasteiger partial charge in [-0.3, -0.25) is 0 Å². The molecule has 0 saturated heterocycles. The number of nitrogens with zero attached hydrogens (tertiary/aromatic N) is 1. The molecule has 0 spiro atoms. The summed E-state index contributed by atoms with van der Waals surface area (Å²) >= 11 is 4.40. The number of hydrogen-bond donors (Lipinski definition) is 2. The lowest BCUT2D eigenvalue weighted by atomic mass is 10.2. The van der Waals surface area contributed by atoms with Gasteiger partial charge in [-0.15, -0.1) is 12.6 Å².